The highest BCUT2D eigenvalue weighted by atomic mass is 32.1. The fourth-order valence-electron chi connectivity index (χ4n) is 4.61. The lowest BCUT2D eigenvalue weighted by Gasteiger charge is -2.15. The summed E-state index contributed by atoms with van der Waals surface area (Å²) in [5.41, 5.74) is 1.66. The second kappa shape index (κ2) is 10.4. The molecule has 2 aliphatic rings. The van der Waals surface area contributed by atoms with Gasteiger partial charge in [0.2, 0.25) is 5.78 Å². The van der Waals surface area contributed by atoms with Crippen molar-refractivity contribution in [3.05, 3.63) is 41.8 Å². The van der Waals surface area contributed by atoms with Gasteiger partial charge in [-0.15, -0.1) is 22.7 Å². The number of ether oxygens (including phenoxy) is 1. The number of amides is 1. The number of Topliss-reactive ketones (excluding diaryl/α,β-unsaturated/α-hetero) is 1. The number of rotatable bonds is 7. The minimum Gasteiger partial charge on any atom is -0.459 e. The molecular weight excluding hydrogens is 501 g/mol. The number of halogens is 3. The number of fused-ring (bicyclic) bond motifs is 1. The molecule has 35 heavy (non-hydrogen) atoms. The highest BCUT2D eigenvalue weighted by Crippen LogP contribution is 2.41. The summed E-state index contributed by atoms with van der Waals surface area (Å²) in [5.74, 6) is -2.26. The predicted molar refractivity (Wildman–Crippen MR) is 127 cm³/mol. The summed E-state index contributed by atoms with van der Waals surface area (Å²) in [6.45, 7) is 4.14. The lowest BCUT2D eigenvalue weighted by molar-refractivity contribution is -0.138. The van der Waals surface area contributed by atoms with E-state index in [1.165, 1.54) is 11.3 Å². The Morgan fingerprint density at radius 2 is 1.86 bits per heavy atom. The Balaban J connectivity index is 1.46. The molecule has 1 aliphatic heterocycles. The molecule has 1 fully saturated rings. The number of esters is 1. The van der Waals surface area contributed by atoms with Crippen LogP contribution in [-0.4, -0.2) is 30.3 Å². The number of thiophene rings is 2. The van der Waals surface area contributed by atoms with Gasteiger partial charge < -0.3 is 15.4 Å². The van der Waals surface area contributed by atoms with Crippen LogP contribution in [0.25, 0.3) is 0 Å². The average molecular weight is 529 g/mol. The van der Waals surface area contributed by atoms with Crippen LogP contribution in [0.15, 0.2) is 0 Å². The topological polar surface area (TPSA) is 84.5 Å². The minimum absolute atomic E-state index is 0.0313. The molecule has 0 bridgehead atoms. The maximum Gasteiger partial charge on any atom is 0.425 e. The van der Waals surface area contributed by atoms with Crippen LogP contribution >= 0.6 is 22.7 Å². The molecule has 1 amide bonds. The van der Waals surface area contributed by atoms with Crippen LogP contribution in [0.4, 0.5) is 13.2 Å². The van der Waals surface area contributed by atoms with Crippen molar-refractivity contribution < 1.29 is 32.3 Å². The Bertz CT molecular complexity index is 1150. The summed E-state index contributed by atoms with van der Waals surface area (Å²) < 4.78 is 46.4. The van der Waals surface area contributed by atoms with E-state index in [4.69, 9.17) is 4.74 Å². The van der Waals surface area contributed by atoms with E-state index in [9.17, 15) is 27.6 Å². The van der Waals surface area contributed by atoms with Crippen LogP contribution in [0.3, 0.4) is 0 Å². The molecule has 2 N–H and O–H groups in total. The van der Waals surface area contributed by atoms with E-state index in [1.54, 1.807) is 6.92 Å². The number of hydrogen-bond donors (Lipinski definition) is 2. The number of aryl methyl sites for hydroxylation is 1. The Hall–Kier alpha value is -2.24. The van der Waals surface area contributed by atoms with E-state index >= 15 is 0 Å². The third-order valence-corrected chi connectivity index (χ3v) is 9.06. The van der Waals surface area contributed by atoms with E-state index in [2.05, 4.69) is 10.6 Å². The number of carbonyl (C=O) groups is 3. The first kappa shape index (κ1) is 25.8. The summed E-state index contributed by atoms with van der Waals surface area (Å²) in [6.07, 6.45) is -0.912. The molecule has 1 saturated carbocycles. The summed E-state index contributed by atoms with van der Waals surface area (Å²) >= 11 is 1.94. The molecule has 190 valence electrons. The van der Waals surface area contributed by atoms with Gasteiger partial charge in [-0.05, 0) is 69.2 Å². The lowest BCUT2D eigenvalue weighted by Crippen LogP contribution is -2.33. The van der Waals surface area contributed by atoms with Crippen molar-refractivity contribution >= 4 is 40.3 Å². The first-order chi connectivity index (χ1) is 16.6. The van der Waals surface area contributed by atoms with Crippen LogP contribution in [0, 0.1) is 13.8 Å². The largest absolute Gasteiger partial charge is 0.459 e. The van der Waals surface area contributed by atoms with Crippen molar-refractivity contribution in [2.75, 3.05) is 6.54 Å². The molecule has 11 heteroatoms. The molecule has 6 nitrogen and oxygen atoms in total. The van der Waals surface area contributed by atoms with Crippen LogP contribution in [0.1, 0.15) is 72.2 Å². The molecule has 1 aliphatic carbocycles. The SMILES string of the molecule is Cc1sc(CC(=O)C(=O)NCc2c(C(F)(F)F)sc3c2CCNC3)c(C(=O)OC2CCCC2)c1C. The quantitative estimate of drug-likeness (QED) is 0.405. The van der Waals surface area contributed by atoms with Gasteiger partial charge in [0.1, 0.15) is 11.0 Å². The standard InChI is InChI=1S/C24H27F3N2O4S2/c1-12-13(2)34-18(20(12)23(32)33-14-5-3-4-6-14)9-17(30)22(31)29-10-16-15-7-8-28-11-19(15)35-21(16)24(25,26)27/h14,28H,3-11H2,1-2H3,(H,29,31). The molecule has 2 aromatic heterocycles. The van der Waals surface area contributed by atoms with E-state index in [0.717, 1.165) is 36.1 Å². The average Bonchev–Trinajstić information content (AvgIpc) is 3.50. The van der Waals surface area contributed by atoms with Crippen molar-refractivity contribution in [3.63, 3.8) is 0 Å². The molecule has 3 heterocycles. The molecule has 2 aromatic rings. The monoisotopic (exact) mass is 528 g/mol. The van der Waals surface area contributed by atoms with Crippen LogP contribution in [0.2, 0.25) is 0 Å². The summed E-state index contributed by atoms with van der Waals surface area (Å²) in [4.78, 5) is 39.2. The Kier molecular flexibility index (Phi) is 7.68. The van der Waals surface area contributed by atoms with Gasteiger partial charge in [0, 0.05) is 27.7 Å². The van der Waals surface area contributed by atoms with Gasteiger partial charge in [0.15, 0.2) is 0 Å². The van der Waals surface area contributed by atoms with Gasteiger partial charge >= 0.3 is 12.1 Å². The molecule has 0 saturated heterocycles. The minimum atomic E-state index is -4.54. The highest BCUT2D eigenvalue weighted by molar-refractivity contribution is 7.12. The normalized spacial score (nSPS) is 16.3. The molecule has 0 atom stereocenters. The fourth-order valence-corrected chi connectivity index (χ4v) is 6.98. The second-order valence-electron chi connectivity index (χ2n) is 8.91. The molecule has 0 aromatic carbocycles. The first-order valence-corrected chi connectivity index (χ1v) is 13.2. The fraction of sp³-hybridized carbons (Fsp3) is 0.542. The van der Waals surface area contributed by atoms with Crippen molar-refractivity contribution in [3.8, 4) is 0 Å². The van der Waals surface area contributed by atoms with Crippen molar-refractivity contribution in [1.29, 1.82) is 0 Å². The molecule has 0 unspecified atom stereocenters. The maximum absolute atomic E-state index is 13.6. The van der Waals surface area contributed by atoms with Gasteiger partial charge in [0.05, 0.1) is 12.0 Å². The van der Waals surface area contributed by atoms with Crippen LogP contribution in [0.5, 0.6) is 0 Å². The van der Waals surface area contributed by atoms with Gasteiger partial charge in [-0.2, -0.15) is 13.2 Å². The molecular formula is C24H27F3N2O4S2. The van der Waals surface area contributed by atoms with E-state index in [-0.39, 0.29) is 24.6 Å². The van der Waals surface area contributed by atoms with Crippen molar-refractivity contribution in [2.24, 2.45) is 0 Å². The van der Waals surface area contributed by atoms with Crippen LogP contribution in [-0.2, 0) is 46.4 Å². The zero-order chi connectivity index (χ0) is 25.3. The summed E-state index contributed by atoms with van der Waals surface area (Å²) in [5, 5.41) is 5.43. The zero-order valence-electron chi connectivity index (χ0n) is 19.5. The molecule has 0 radical (unpaired) electrons. The Morgan fingerprint density at radius 3 is 2.54 bits per heavy atom. The highest BCUT2D eigenvalue weighted by Gasteiger charge is 2.38. The van der Waals surface area contributed by atoms with E-state index < -0.39 is 28.7 Å². The van der Waals surface area contributed by atoms with Crippen LogP contribution < -0.4 is 10.6 Å². The second-order valence-corrected chi connectivity index (χ2v) is 11.3. The number of nitrogens with one attached hydrogen (secondary N) is 2. The zero-order valence-corrected chi connectivity index (χ0v) is 21.2. The predicted octanol–water partition coefficient (Wildman–Crippen LogP) is 4.62. The van der Waals surface area contributed by atoms with Gasteiger partial charge in [-0.3, -0.25) is 9.59 Å². The smallest absolute Gasteiger partial charge is 0.425 e. The number of alkyl halides is 3. The maximum atomic E-state index is 13.6. The van der Waals surface area contributed by atoms with Gasteiger partial charge in [0.25, 0.3) is 5.91 Å². The third kappa shape index (κ3) is 5.62. The van der Waals surface area contributed by atoms with Gasteiger partial charge in [-0.25, -0.2) is 4.79 Å². The summed E-state index contributed by atoms with van der Waals surface area (Å²) in [6, 6.07) is 0. The molecule has 4 rings (SSSR count). The van der Waals surface area contributed by atoms with E-state index in [0.29, 0.717) is 51.7 Å². The number of carbonyl (C=O) groups excluding carboxylic acids is 3. The van der Waals surface area contributed by atoms with Crippen molar-refractivity contribution in [1.82, 2.24) is 10.6 Å². The summed E-state index contributed by atoms with van der Waals surface area (Å²) in [7, 11) is 0. The lowest BCUT2D eigenvalue weighted by atomic mass is 10.0. The van der Waals surface area contributed by atoms with E-state index in [1.807, 2.05) is 6.92 Å². The Labute approximate surface area is 209 Å². The first-order valence-electron chi connectivity index (χ1n) is 11.6. The number of ketones is 1. The third-order valence-electron chi connectivity index (χ3n) is 6.53. The molecule has 0 spiro atoms. The van der Waals surface area contributed by atoms with Crippen molar-refractivity contribution in [2.45, 2.75) is 77.7 Å². The van der Waals surface area contributed by atoms with Gasteiger partial charge in [-0.1, -0.05) is 0 Å². The Morgan fingerprint density at radius 1 is 1.14 bits per heavy atom. The number of hydrogen-bond acceptors (Lipinski definition) is 7.